The summed E-state index contributed by atoms with van der Waals surface area (Å²) in [5.74, 6) is -0.472. The van der Waals surface area contributed by atoms with Gasteiger partial charge in [0.15, 0.2) is 6.04 Å². The largest absolute Gasteiger partial charge is 0.479 e. The standard InChI is InChI=1S/C13H15N5O3/c19-12(20)11(9-4-2-1-3-5-9)17-13(21)14-7-6-10-15-8-16-18-10/h1-5,8,11H,6-7H2,(H,19,20)(H2,14,17,21)(H,15,16,18)/t11-/m0/s1. The van der Waals surface area contributed by atoms with Gasteiger partial charge < -0.3 is 15.7 Å². The number of hydrogen-bond donors (Lipinski definition) is 4. The molecule has 0 bridgehead atoms. The maximum atomic E-state index is 11.7. The summed E-state index contributed by atoms with van der Waals surface area (Å²) in [6, 6.07) is 6.87. The quantitative estimate of drug-likeness (QED) is 0.616. The lowest BCUT2D eigenvalue weighted by atomic mass is 10.1. The number of benzene rings is 1. The Hall–Kier alpha value is -2.90. The highest BCUT2D eigenvalue weighted by Crippen LogP contribution is 2.12. The van der Waals surface area contributed by atoms with E-state index in [1.165, 1.54) is 6.33 Å². The average Bonchev–Trinajstić information content (AvgIpc) is 2.98. The van der Waals surface area contributed by atoms with Gasteiger partial charge in [-0.1, -0.05) is 30.3 Å². The molecule has 4 N–H and O–H groups in total. The van der Waals surface area contributed by atoms with Crippen molar-refractivity contribution in [2.45, 2.75) is 12.5 Å². The molecule has 2 rings (SSSR count). The molecular formula is C13H15N5O3. The number of carboxylic acid groups (broad SMARTS) is 1. The van der Waals surface area contributed by atoms with E-state index in [2.05, 4.69) is 25.8 Å². The SMILES string of the molecule is O=C(NCCc1ncn[nH]1)N[C@H](C(=O)O)c1ccccc1. The van der Waals surface area contributed by atoms with Gasteiger partial charge in [0.1, 0.15) is 12.2 Å². The molecule has 21 heavy (non-hydrogen) atoms. The van der Waals surface area contributed by atoms with E-state index < -0.39 is 18.0 Å². The highest BCUT2D eigenvalue weighted by atomic mass is 16.4. The first-order chi connectivity index (χ1) is 10.2. The van der Waals surface area contributed by atoms with E-state index in [1.54, 1.807) is 30.3 Å². The molecule has 1 aromatic heterocycles. The average molecular weight is 289 g/mol. The van der Waals surface area contributed by atoms with Gasteiger partial charge in [-0.25, -0.2) is 14.6 Å². The second-order valence-corrected chi connectivity index (χ2v) is 4.26. The number of aliphatic carboxylic acids is 1. The monoisotopic (exact) mass is 289 g/mol. The van der Waals surface area contributed by atoms with Crippen molar-refractivity contribution in [1.82, 2.24) is 25.8 Å². The number of amides is 2. The molecule has 0 saturated heterocycles. The van der Waals surface area contributed by atoms with Gasteiger partial charge in [0, 0.05) is 13.0 Å². The molecule has 1 heterocycles. The van der Waals surface area contributed by atoms with E-state index in [0.717, 1.165) is 0 Å². The fourth-order valence-electron chi connectivity index (χ4n) is 1.76. The molecule has 0 aliphatic heterocycles. The van der Waals surface area contributed by atoms with Crippen LogP contribution < -0.4 is 10.6 Å². The molecule has 8 nitrogen and oxygen atoms in total. The molecule has 2 aromatic rings. The van der Waals surface area contributed by atoms with E-state index in [4.69, 9.17) is 0 Å². The molecule has 8 heteroatoms. The van der Waals surface area contributed by atoms with E-state index in [-0.39, 0.29) is 0 Å². The number of urea groups is 1. The molecule has 0 saturated carbocycles. The van der Waals surface area contributed by atoms with E-state index >= 15 is 0 Å². The Labute approximate surface area is 120 Å². The zero-order chi connectivity index (χ0) is 15.1. The van der Waals surface area contributed by atoms with Crippen LogP contribution in [0, 0.1) is 0 Å². The molecule has 0 unspecified atom stereocenters. The topological polar surface area (TPSA) is 120 Å². The molecule has 1 aromatic carbocycles. The summed E-state index contributed by atoms with van der Waals surface area (Å²) in [5.41, 5.74) is 0.510. The summed E-state index contributed by atoms with van der Waals surface area (Å²) in [5, 5.41) is 20.5. The Morgan fingerprint density at radius 3 is 2.67 bits per heavy atom. The van der Waals surface area contributed by atoms with Crippen molar-refractivity contribution in [3.63, 3.8) is 0 Å². The zero-order valence-corrected chi connectivity index (χ0v) is 11.1. The molecule has 0 aliphatic rings. The Morgan fingerprint density at radius 2 is 2.05 bits per heavy atom. The predicted octanol–water partition coefficient (Wildman–Crippen LogP) is 0.472. The first-order valence-corrected chi connectivity index (χ1v) is 6.33. The predicted molar refractivity (Wildman–Crippen MR) is 73.4 cm³/mol. The normalized spacial score (nSPS) is 11.6. The molecule has 1 atom stereocenters. The number of carbonyl (C=O) groups excluding carboxylic acids is 1. The summed E-state index contributed by atoms with van der Waals surface area (Å²) in [6.45, 7) is 0.322. The van der Waals surface area contributed by atoms with Crippen molar-refractivity contribution in [2.24, 2.45) is 0 Å². The van der Waals surface area contributed by atoms with Crippen LogP contribution in [0.3, 0.4) is 0 Å². The molecule has 0 fully saturated rings. The van der Waals surface area contributed by atoms with Gasteiger partial charge in [-0.15, -0.1) is 0 Å². The molecule has 110 valence electrons. The van der Waals surface area contributed by atoms with Crippen molar-refractivity contribution in [1.29, 1.82) is 0 Å². The summed E-state index contributed by atoms with van der Waals surface area (Å²) in [4.78, 5) is 26.9. The number of hydrogen-bond acceptors (Lipinski definition) is 4. The summed E-state index contributed by atoms with van der Waals surface area (Å²) in [6.07, 6.45) is 1.86. The van der Waals surface area contributed by atoms with Crippen LogP contribution in [-0.4, -0.2) is 38.8 Å². The number of rotatable bonds is 6. The molecular weight excluding hydrogens is 274 g/mol. The first kappa shape index (κ1) is 14.5. The van der Waals surface area contributed by atoms with Crippen LogP contribution in [0.25, 0.3) is 0 Å². The van der Waals surface area contributed by atoms with Crippen LogP contribution in [0.5, 0.6) is 0 Å². The van der Waals surface area contributed by atoms with Gasteiger partial charge in [0.05, 0.1) is 0 Å². The number of nitrogens with zero attached hydrogens (tertiary/aromatic N) is 2. The van der Waals surface area contributed by atoms with Crippen molar-refractivity contribution in [2.75, 3.05) is 6.54 Å². The van der Waals surface area contributed by atoms with Crippen molar-refractivity contribution in [3.8, 4) is 0 Å². The number of nitrogens with one attached hydrogen (secondary N) is 3. The van der Waals surface area contributed by atoms with Crippen LogP contribution in [-0.2, 0) is 11.2 Å². The smallest absolute Gasteiger partial charge is 0.330 e. The number of carbonyl (C=O) groups is 2. The van der Waals surface area contributed by atoms with Gasteiger partial charge in [-0.3, -0.25) is 5.10 Å². The van der Waals surface area contributed by atoms with Crippen LogP contribution in [0.1, 0.15) is 17.4 Å². The fraction of sp³-hybridized carbons (Fsp3) is 0.231. The summed E-state index contributed by atoms with van der Waals surface area (Å²) in [7, 11) is 0. The Bertz CT molecular complexity index is 585. The van der Waals surface area contributed by atoms with E-state index in [9.17, 15) is 14.7 Å². The van der Waals surface area contributed by atoms with Gasteiger partial charge in [0.2, 0.25) is 0 Å². The zero-order valence-electron chi connectivity index (χ0n) is 11.1. The fourth-order valence-corrected chi connectivity index (χ4v) is 1.76. The van der Waals surface area contributed by atoms with E-state index in [0.29, 0.717) is 24.4 Å². The highest BCUT2D eigenvalue weighted by Gasteiger charge is 2.21. The second-order valence-electron chi connectivity index (χ2n) is 4.26. The van der Waals surface area contributed by atoms with Crippen LogP contribution in [0.2, 0.25) is 0 Å². The summed E-state index contributed by atoms with van der Waals surface area (Å²) < 4.78 is 0. The van der Waals surface area contributed by atoms with Crippen molar-refractivity contribution in [3.05, 3.63) is 48.0 Å². The van der Waals surface area contributed by atoms with Gasteiger partial charge in [-0.05, 0) is 5.56 Å². The molecule has 2 amide bonds. The minimum atomic E-state index is -1.12. The van der Waals surface area contributed by atoms with Crippen LogP contribution in [0.15, 0.2) is 36.7 Å². The van der Waals surface area contributed by atoms with Gasteiger partial charge in [0.25, 0.3) is 0 Å². The number of carboxylic acids is 1. The number of aromatic amines is 1. The molecule has 0 aliphatic carbocycles. The van der Waals surface area contributed by atoms with Gasteiger partial charge >= 0.3 is 12.0 Å². The number of aromatic nitrogens is 3. The third-order valence-electron chi connectivity index (χ3n) is 2.77. The van der Waals surface area contributed by atoms with Crippen LogP contribution in [0.4, 0.5) is 4.79 Å². The Morgan fingerprint density at radius 1 is 1.29 bits per heavy atom. The second kappa shape index (κ2) is 7.04. The first-order valence-electron chi connectivity index (χ1n) is 6.33. The van der Waals surface area contributed by atoms with Crippen molar-refractivity contribution >= 4 is 12.0 Å². The minimum Gasteiger partial charge on any atom is -0.479 e. The minimum absolute atomic E-state index is 0.322. The third-order valence-corrected chi connectivity index (χ3v) is 2.77. The lowest BCUT2D eigenvalue weighted by Gasteiger charge is -2.15. The van der Waals surface area contributed by atoms with Crippen LogP contribution >= 0.6 is 0 Å². The lowest BCUT2D eigenvalue weighted by Crippen LogP contribution is -2.41. The maximum absolute atomic E-state index is 11.7. The molecule has 0 spiro atoms. The Kier molecular flexibility index (Phi) is 4.86. The van der Waals surface area contributed by atoms with Gasteiger partial charge in [-0.2, -0.15) is 5.10 Å². The van der Waals surface area contributed by atoms with E-state index in [1.807, 2.05) is 0 Å². The highest BCUT2D eigenvalue weighted by molar-refractivity contribution is 5.83. The lowest BCUT2D eigenvalue weighted by molar-refractivity contribution is -0.139. The third kappa shape index (κ3) is 4.30. The van der Waals surface area contributed by atoms with Crippen molar-refractivity contribution < 1.29 is 14.7 Å². The Balaban J connectivity index is 1.85. The number of H-pyrrole nitrogens is 1. The molecule has 0 radical (unpaired) electrons. The summed E-state index contributed by atoms with van der Waals surface area (Å²) >= 11 is 0. The maximum Gasteiger partial charge on any atom is 0.330 e.